The molecule has 0 radical (unpaired) electrons. The molecule has 0 saturated carbocycles. The first kappa shape index (κ1) is 15.8. The summed E-state index contributed by atoms with van der Waals surface area (Å²) in [7, 11) is 0. The third-order valence-electron chi connectivity index (χ3n) is 3.31. The van der Waals surface area contributed by atoms with E-state index in [1.807, 2.05) is 0 Å². The molecule has 1 aliphatic rings. The molecule has 1 saturated heterocycles. The molecule has 0 unspecified atom stereocenters. The Morgan fingerprint density at radius 2 is 1.81 bits per heavy atom. The van der Waals surface area contributed by atoms with Gasteiger partial charge in [-0.25, -0.2) is 0 Å². The fourth-order valence-electron chi connectivity index (χ4n) is 1.97. The number of anilines is 1. The minimum atomic E-state index is -1.01. The molecule has 6 nitrogen and oxygen atoms in total. The highest BCUT2D eigenvalue weighted by Crippen LogP contribution is 2.19. The summed E-state index contributed by atoms with van der Waals surface area (Å²) < 4.78 is 5.15. The van der Waals surface area contributed by atoms with E-state index >= 15 is 0 Å². The summed E-state index contributed by atoms with van der Waals surface area (Å²) in [6, 6.07) is 6.42. The largest absolute Gasteiger partial charge is 0.388 e. The predicted molar refractivity (Wildman–Crippen MR) is 78.1 cm³/mol. The molecule has 1 aliphatic heterocycles. The van der Waals surface area contributed by atoms with Crippen molar-refractivity contribution in [3.8, 4) is 0 Å². The van der Waals surface area contributed by atoms with Crippen molar-refractivity contribution in [2.45, 2.75) is 18.4 Å². The maximum absolute atomic E-state index is 11.7. The van der Waals surface area contributed by atoms with E-state index in [0.717, 1.165) is 0 Å². The Balaban J connectivity index is 1.82. The summed E-state index contributed by atoms with van der Waals surface area (Å²) in [5, 5.41) is 15.6. The van der Waals surface area contributed by atoms with Gasteiger partial charge in [0.05, 0.1) is 5.60 Å². The van der Waals surface area contributed by atoms with Crippen LogP contribution in [0.2, 0.25) is 5.02 Å². The molecule has 0 spiro atoms. The molecule has 21 heavy (non-hydrogen) atoms. The average molecular weight is 313 g/mol. The van der Waals surface area contributed by atoms with Crippen LogP contribution in [0.1, 0.15) is 12.8 Å². The van der Waals surface area contributed by atoms with Crippen molar-refractivity contribution in [3.05, 3.63) is 29.3 Å². The second-order valence-electron chi connectivity index (χ2n) is 4.98. The van der Waals surface area contributed by atoms with Gasteiger partial charge in [-0.1, -0.05) is 11.6 Å². The first-order valence-corrected chi connectivity index (χ1v) is 7.01. The Kier molecular flexibility index (Phi) is 5.17. The molecule has 1 heterocycles. The molecule has 7 heteroatoms. The van der Waals surface area contributed by atoms with E-state index in [1.165, 1.54) is 0 Å². The summed E-state index contributed by atoms with van der Waals surface area (Å²) in [4.78, 5) is 23.4. The van der Waals surface area contributed by atoms with Gasteiger partial charge in [0, 0.05) is 43.3 Å². The quantitative estimate of drug-likeness (QED) is 0.725. The highest BCUT2D eigenvalue weighted by atomic mass is 35.5. The van der Waals surface area contributed by atoms with E-state index in [2.05, 4.69) is 10.6 Å². The first-order valence-electron chi connectivity index (χ1n) is 6.63. The third kappa shape index (κ3) is 4.70. The van der Waals surface area contributed by atoms with Gasteiger partial charge in [0.1, 0.15) is 0 Å². The molecule has 114 valence electrons. The number of carbonyl (C=O) groups excluding carboxylic acids is 2. The number of benzene rings is 1. The minimum Gasteiger partial charge on any atom is -0.388 e. The number of nitrogens with one attached hydrogen (secondary N) is 2. The zero-order valence-corrected chi connectivity index (χ0v) is 12.2. The zero-order chi connectivity index (χ0) is 15.3. The van der Waals surface area contributed by atoms with Crippen LogP contribution in [0.4, 0.5) is 5.69 Å². The van der Waals surface area contributed by atoms with Crippen LogP contribution in [0.15, 0.2) is 24.3 Å². The van der Waals surface area contributed by atoms with E-state index in [0.29, 0.717) is 36.8 Å². The molecule has 3 N–H and O–H groups in total. The fraction of sp³-hybridized carbons (Fsp3) is 0.429. The Morgan fingerprint density at radius 3 is 2.43 bits per heavy atom. The van der Waals surface area contributed by atoms with Crippen molar-refractivity contribution in [1.29, 1.82) is 0 Å². The number of rotatable bonds is 3. The molecule has 0 aromatic heterocycles. The topological polar surface area (TPSA) is 87.7 Å². The summed E-state index contributed by atoms with van der Waals surface area (Å²) in [6.45, 7) is 0.927. The minimum absolute atomic E-state index is 0.0310. The van der Waals surface area contributed by atoms with Crippen LogP contribution in [0.25, 0.3) is 0 Å². The van der Waals surface area contributed by atoms with Crippen LogP contribution in [0, 0.1) is 0 Å². The van der Waals surface area contributed by atoms with Gasteiger partial charge in [-0.15, -0.1) is 0 Å². The SMILES string of the molecule is O=C(NCC1(O)CCOCC1)C(=O)Nc1ccc(Cl)cc1. The second kappa shape index (κ2) is 6.89. The Morgan fingerprint density at radius 1 is 1.19 bits per heavy atom. The number of hydrogen-bond acceptors (Lipinski definition) is 4. The monoisotopic (exact) mass is 312 g/mol. The summed E-state index contributed by atoms with van der Waals surface area (Å²) in [5.74, 6) is -1.57. The van der Waals surface area contributed by atoms with Gasteiger partial charge in [0.25, 0.3) is 0 Å². The van der Waals surface area contributed by atoms with Crippen LogP contribution >= 0.6 is 11.6 Å². The lowest BCUT2D eigenvalue weighted by molar-refractivity contribution is -0.137. The average Bonchev–Trinajstić information content (AvgIpc) is 2.48. The summed E-state index contributed by atoms with van der Waals surface area (Å²) >= 11 is 5.73. The number of hydrogen-bond donors (Lipinski definition) is 3. The van der Waals surface area contributed by atoms with E-state index < -0.39 is 17.4 Å². The van der Waals surface area contributed by atoms with Crippen LogP contribution in [0.3, 0.4) is 0 Å². The van der Waals surface area contributed by atoms with Crippen molar-refractivity contribution < 1.29 is 19.4 Å². The number of halogens is 1. The Labute approximate surface area is 127 Å². The Bertz CT molecular complexity index is 512. The van der Waals surface area contributed by atoms with Crippen molar-refractivity contribution in [2.75, 3.05) is 25.1 Å². The van der Waals surface area contributed by atoms with Gasteiger partial charge < -0.3 is 20.5 Å². The lowest BCUT2D eigenvalue weighted by Gasteiger charge is -2.31. The van der Waals surface area contributed by atoms with Gasteiger partial charge in [-0.2, -0.15) is 0 Å². The Hall–Kier alpha value is -1.63. The van der Waals surface area contributed by atoms with Crippen LogP contribution in [-0.4, -0.2) is 42.3 Å². The summed E-state index contributed by atoms with van der Waals surface area (Å²) in [6.07, 6.45) is 0.873. The number of amides is 2. The molecule has 0 bridgehead atoms. The fourth-order valence-corrected chi connectivity index (χ4v) is 2.10. The van der Waals surface area contributed by atoms with Gasteiger partial charge in [-0.3, -0.25) is 9.59 Å². The van der Waals surface area contributed by atoms with Crippen molar-refractivity contribution in [2.24, 2.45) is 0 Å². The normalized spacial score (nSPS) is 17.0. The molecule has 2 amide bonds. The first-order chi connectivity index (χ1) is 9.98. The van der Waals surface area contributed by atoms with Crippen molar-refractivity contribution in [1.82, 2.24) is 5.32 Å². The highest BCUT2D eigenvalue weighted by molar-refractivity contribution is 6.39. The maximum atomic E-state index is 11.7. The lowest BCUT2D eigenvalue weighted by atomic mass is 9.94. The lowest BCUT2D eigenvalue weighted by Crippen LogP contribution is -2.48. The molecule has 1 aromatic carbocycles. The van der Waals surface area contributed by atoms with E-state index in [9.17, 15) is 14.7 Å². The van der Waals surface area contributed by atoms with Crippen molar-refractivity contribution >= 4 is 29.1 Å². The number of carbonyl (C=O) groups is 2. The smallest absolute Gasteiger partial charge is 0.313 e. The van der Waals surface area contributed by atoms with Crippen LogP contribution in [0.5, 0.6) is 0 Å². The molecule has 0 aliphatic carbocycles. The van der Waals surface area contributed by atoms with Gasteiger partial charge >= 0.3 is 11.8 Å². The third-order valence-corrected chi connectivity index (χ3v) is 3.56. The van der Waals surface area contributed by atoms with Crippen LogP contribution < -0.4 is 10.6 Å². The van der Waals surface area contributed by atoms with E-state index in [4.69, 9.17) is 16.3 Å². The van der Waals surface area contributed by atoms with Gasteiger partial charge in [0.2, 0.25) is 0 Å². The van der Waals surface area contributed by atoms with Gasteiger partial charge in [-0.05, 0) is 24.3 Å². The molecule has 0 atom stereocenters. The predicted octanol–water partition coefficient (Wildman–Crippen LogP) is 0.936. The number of aliphatic hydroxyl groups is 1. The van der Waals surface area contributed by atoms with Gasteiger partial charge in [0.15, 0.2) is 0 Å². The molecular weight excluding hydrogens is 296 g/mol. The van der Waals surface area contributed by atoms with E-state index in [1.54, 1.807) is 24.3 Å². The standard InChI is InChI=1S/C14H17ClN2O4/c15-10-1-3-11(4-2-10)17-13(19)12(18)16-9-14(20)5-7-21-8-6-14/h1-4,20H,5-9H2,(H,16,18)(H,17,19). The maximum Gasteiger partial charge on any atom is 0.313 e. The molecule has 1 fully saturated rings. The second-order valence-corrected chi connectivity index (χ2v) is 5.42. The van der Waals surface area contributed by atoms with Crippen LogP contribution in [-0.2, 0) is 14.3 Å². The van der Waals surface area contributed by atoms with Crippen molar-refractivity contribution in [3.63, 3.8) is 0 Å². The molecular formula is C14H17ClN2O4. The molecule has 1 aromatic rings. The zero-order valence-electron chi connectivity index (χ0n) is 11.4. The molecule has 2 rings (SSSR count). The van der Waals surface area contributed by atoms with E-state index in [-0.39, 0.29) is 6.54 Å². The highest BCUT2D eigenvalue weighted by Gasteiger charge is 2.30. The summed E-state index contributed by atoms with van der Waals surface area (Å²) in [5.41, 5.74) is -0.529. The number of ether oxygens (including phenoxy) is 1.